The highest BCUT2D eigenvalue weighted by molar-refractivity contribution is 5.03. The van der Waals surface area contributed by atoms with E-state index in [0.717, 1.165) is 19.4 Å². The maximum Gasteiger partial charge on any atom is 0.0356 e. The average molecular weight is 222 g/mol. The zero-order chi connectivity index (χ0) is 12.0. The van der Waals surface area contributed by atoms with E-state index in [9.17, 15) is 0 Å². The minimum Gasteiger partial charge on any atom is -0.312 e. The Balaban J connectivity index is 2.75. The van der Waals surface area contributed by atoms with Crippen LogP contribution in [0, 0.1) is 12.3 Å². The maximum absolute atomic E-state index is 5.40. The van der Waals surface area contributed by atoms with Crippen molar-refractivity contribution < 1.29 is 0 Å². The van der Waals surface area contributed by atoms with Crippen LogP contribution in [0.25, 0.3) is 0 Å². The Kier molecular flexibility index (Phi) is 5.31. The topological polar surface area (TPSA) is 15.3 Å². The van der Waals surface area contributed by atoms with E-state index >= 15 is 0 Å². The lowest BCUT2D eigenvalue weighted by atomic mass is 9.84. The molecule has 1 saturated carbocycles. The molecular formula is C14H26N2. The molecule has 2 heteroatoms. The van der Waals surface area contributed by atoms with Gasteiger partial charge in [0.1, 0.15) is 0 Å². The first-order chi connectivity index (χ1) is 7.67. The molecule has 1 fully saturated rings. The van der Waals surface area contributed by atoms with Crippen LogP contribution in [0.4, 0.5) is 0 Å². The van der Waals surface area contributed by atoms with Crippen LogP contribution in [0.3, 0.4) is 0 Å². The van der Waals surface area contributed by atoms with E-state index in [1.165, 1.54) is 25.7 Å². The van der Waals surface area contributed by atoms with Gasteiger partial charge in [-0.05, 0) is 39.9 Å². The van der Waals surface area contributed by atoms with Crippen molar-refractivity contribution in [3.05, 3.63) is 0 Å². The van der Waals surface area contributed by atoms with Gasteiger partial charge in [0.05, 0.1) is 0 Å². The molecule has 0 heterocycles. The summed E-state index contributed by atoms with van der Waals surface area (Å²) in [4.78, 5) is 2.42. The first kappa shape index (κ1) is 13.5. The molecule has 1 aliphatic carbocycles. The highest BCUT2D eigenvalue weighted by Gasteiger charge is 2.42. The zero-order valence-corrected chi connectivity index (χ0v) is 11.1. The molecule has 1 aliphatic rings. The summed E-state index contributed by atoms with van der Waals surface area (Å²) >= 11 is 0. The second-order valence-corrected chi connectivity index (χ2v) is 5.06. The molecule has 16 heavy (non-hydrogen) atoms. The number of nitrogens with one attached hydrogen (secondary N) is 1. The standard InChI is InChI=1S/C14H26N2/c1-5-7-10-13(15-6-2)14(16(3)4)11-8-9-12-14/h1,13,15H,6-12H2,2-4H3. The van der Waals surface area contributed by atoms with Gasteiger partial charge in [0.25, 0.3) is 0 Å². The number of terminal acetylenes is 1. The monoisotopic (exact) mass is 222 g/mol. The van der Waals surface area contributed by atoms with Crippen LogP contribution >= 0.6 is 0 Å². The Morgan fingerprint density at radius 1 is 1.38 bits per heavy atom. The summed E-state index contributed by atoms with van der Waals surface area (Å²) in [6.07, 6.45) is 12.7. The fourth-order valence-corrected chi connectivity index (χ4v) is 3.13. The van der Waals surface area contributed by atoms with Gasteiger partial charge in [-0.25, -0.2) is 0 Å². The first-order valence-corrected chi connectivity index (χ1v) is 6.51. The van der Waals surface area contributed by atoms with E-state index in [4.69, 9.17) is 6.42 Å². The van der Waals surface area contributed by atoms with Crippen LogP contribution in [-0.4, -0.2) is 37.1 Å². The summed E-state index contributed by atoms with van der Waals surface area (Å²) in [5.74, 6) is 2.78. The number of likely N-dealkylation sites (N-methyl/N-ethyl adjacent to an activating group) is 2. The van der Waals surface area contributed by atoms with Gasteiger partial charge in [-0.2, -0.15) is 0 Å². The third kappa shape index (κ3) is 2.78. The lowest BCUT2D eigenvalue weighted by Crippen LogP contribution is -2.57. The van der Waals surface area contributed by atoms with E-state index < -0.39 is 0 Å². The summed E-state index contributed by atoms with van der Waals surface area (Å²) in [5.41, 5.74) is 0.340. The van der Waals surface area contributed by atoms with Gasteiger partial charge in [0, 0.05) is 18.0 Å². The maximum atomic E-state index is 5.40. The highest BCUT2D eigenvalue weighted by Crippen LogP contribution is 2.38. The molecule has 1 atom stereocenters. The predicted octanol–water partition coefficient (Wildman–Crippen LogP) is 2.25. The van der Waals surface area contributed by atoms with E-state index in [-0.39, 0.29) is 0 Å². The molecule has 92 valence electrons. The first-order valence-electron chi connectivity index (χ1n) is 6.51. The summed E-state index contributed by atoms with van der Waals surface area (Å²) in [6, 6.07) is 0.547. The molecule has 0 aromatic rings. The Hall–Kier alpha value is -0.520. The quantitative estimate of drug-likeness (QED) is 0.694. The molecule has 0 spiro atoms. The van der Waals surface area contributed by atoms with Crippen molar-refractivity contribution in [2.45, 2.75) is 57.0 Å². The minimum atomic E-state index is 0.340. The smallest absolute Gasteiger partial charge is 0.0356 e. The van der Waals surface area contributed by atoms with E-state index in [0.29, 0.717) is 11.6 Å². The van der Waals surface area contributed by atoms with Crippen molar-refractivity contribution in [2.24, 2.45) is 0 Å². The molecule has 2 nitrogen and oxygen atoms in total. The van der Waals surface area contributed by atoms with Crippen LogP contribution < -0.4 is 5.32 Å². The zero-order valence-electron chi connectivity index (χ0n) is 11.1. The van der Waals surface area contributed by atoms with E-state index in [2.05, 4.69) is 37.2 Å². The number of rotatable bonds is 6. The van der Waals surface area contributed by atoms with Crippen molar-refractivity contribution in [1.29, 1.82) is 0 Å². The molecule has 0 aliphatic heterocycles. The number of nitrogens with zero attached hydrogens (tertiary/aromatic N) is 1. The number of hydrogen-bond donors (Lipinski definition) is 1. The second kappa shape index (κ2) is 6.27. The fraction of sp³-hybridized carbons (Fsp3) is 0.857. The lowest BCUT2D eigenvalue weighted by Gasteiger charge is -2.43. The fourth-order valence-electron chi connectivity index (χ4n) is 3.13. The average Bonchev–Trinajstić information content (AvgIpc) is 2.74. The molecule has 1 rings (SSSR count). The SMILES string of the molecule is C#CCCC(NCC)C1(N(C)C)CCCC1. The van der Waals surface area contributed by atoms with Gasteiger partial charge in [-0.3, -0.25) is 0 Å². The molecule has 0 aromatic carbocycles. The van der Waals surface area contributed by atoms with Gasteiger partial charge < -0.3 is 10.2 Å². The Morgan fingerprint density at radius 2 is 2.00 bits per heavy atom. The Labute approximate surface area is 101 Å². The molecule has 0 saturated heterocycles. The summed E-state index contributed by atoms with van der Waals surface area (Å²) in [7, 11) is 4.43. The highest BCUT2D eigenvalue weighted by atomic mass is 15.2. The molecule has 0 bridgehead atoms. The lowest BCUT2D eigenvalue weighted by molar-refractivity contribution is 0.101. The summed E-state index contributed by atoms with van der Waals surface area (Å²) in [5, 5.41) is 3.64. The number of hydrogen-bond acceptors (Lipinski definition) is 2. The Bertz CT molecular complexity index is 234. The van der Waals surface area contributed by atoms with E-state index in [1.807, 2.05) is 0 Å². The van der Waals surface area contributed by atoms with Crippen LogP contribution in [0.1, 0.15) is 45.4 Å². The molecule has 1 unspecified atom stereocenters. The predicted molar refractivity (Wildman–Crippen MR) is 70.4 cm³/mol. The largest absolute Gasteiger partial charge is 0.312 e. The van der Waals surface area contributed by atoms with Crippen LogP contribution in [0.15, 0.2) is 0 Å². The molecule has 0 radical (unpaired) electrons. The van der Waals surface area contributed by atoms with Crippen LogP contribution in [0.5, 0.6) is 0 Å². The summed E-state index contributed by atoms with van der Waals surface area (Å²) in [6.45, 7) is 3.21. The van der Waals surface area contributed by atoms with Crippen molar-refractivity contribution in [2.75, 3.05) is 20.6 Å². The van der Waals surface area contributed by atoms with Crippen molar-refractivity contribution >= 4 is 0 Å². The van der Waals surface area contributed by atoms with Crippen LogP contribution in [0.2, 0.25) is 0 Å². The van der Waals surface area contributed by atoms with Crippen LogP contribution in [-0.2, 0) is 0 Å². The third-order valence-electron chi connectivity index (χ3n) is 4.04. The van der Waals surface area contributed by atoms with Gasteiger partial charge >= 0.3 is 0 Å². The van der Waals surface area contributed by atoms with Gasteiger partial charge in [0.2, 0.25) is 0 Å². The van der Waals surface area contributed by atoms with Crippen molar-refractivity contribution in [1.82, 2.24) is 10.2 Å². The van der Waals surface area contributed by atoms with E-state index in [1.54, 1.807) is 0 Å². The minimum absolute atomic E-state index is 0.340. The second-order valence-electron chi connectivity index (χ2n) is 5.06. The normalized spacial score (nSPS) is 20.9. The molecule has 0 aromatic heterocycles. The third-order valence-corrected chi connectivity index (χ3v) is 4.04. The Morgan fingerprint density at radius 3 is 2.44 bits per heavy atom. The molecule has 1 N–H and O–H groups in total. The summed E-state index contributed by atoms with van der Waals surface area (Å²) < 4.78 is 0. The van der Waals surface area contributed by atoms with Crippen molar-refractivity contribution in [3.8, 4) is 12.3 Å². The molecule has 0 amide bonds. The molecular weight excluding hydrogens is 196 g/mol. The van der Waals surface area contributed by atoms with Crippen molar-refractivity contribution in [3.63, 3.8) is 0 Å². The van der Waals surface area contributed by atoms with Gasteiger partial charge in [0.15, 0.2) is 0 Å². The van der Waals surface area contributed by atoms with Gasteiger partial charge in [-0.1, -0.05) is 19.8 Å². The van der Waals surface area contributed by atoms with Gasteiger partial charge in [-0.15, -0.1) is 12.3 Å².